The fourth-order valence-corrected chi connectivity index (χ4v) is 2.90. The molecule has 1 heterocycles. The Hall–Kier alpha value is 0.200. The Morgan fingerprint density at radius 3 is 2.30 bits per heavy atom. The molecule has 0 radical (unpaired) electrons. The highest BCUT2D eigenvalue weighted by Crippen LogP contribution is 2.27. The normalized spacial score (nSPS) is 16.9. The van der Waals surface area contributed by atoms with Gasteiger partial charge in [-0.05, 0) is 24.1 Å². The molecule has 1 N–H and O–H groups in total. The lowest BCUT2D eigenvalue weighted by Gasteiger charge is -2.35. The van der Waals surface area contributed by atoms with E-state index in [-0.39, 0.29) is 24.8 Å². The summed E-state index contributed by atoms with van der Waals surface area (Å²) >= 11 is 3.52. The monoisotopic (exact) mass is 382 g/mol. The summed E-state index contributed by atoms with van der Waals surface area (Å²) in [4.78, 5) is 2.63. The average Bonchev–Trinajstić information content (AvgIpc) is 2.42. The van der Waals surface area contributed by atoms with Crippen LogP contribution in [0.25, 0.3) is 0 Å². The third-order valence-corrected chi connectivity index (χ3v) is 4.21. The van der Waals surface area contributed by atoms with Crippen molar-refractivity contribution < 1.29 is 0 Å². The minimum atomic E-state index is 0. The summed E-state index contributed by atoms with van der Waals surface area (Å²) in [5, 5.41) is 3.44. The summed E-state index contributed by atoms with van der Waals surface area (Å²) < 4.78 is 1.17. The SMILES string of the molecule is CCCC[C@H](c1ccc(Br)cc1)N1CCNCC1.Cl.Cl. The van der Waals surface area contributed by atoms with Crippen molar-refractivity contribution in [2.45, 2.75) is 32.2 Å². The molecule has 0 amide bonds. The molecule has 116 valence electrons. The molecular formula is C15H25BrCl2N2. The Labute approximate surface area is 143 Å². The second-order valence-corrected chi connectivity index (χ2v) is 5.91. The lowest BCUT2D eigenvalue weighted by atomic mass is 9.99. The van der Waals surface area contributed by atoms with Crippen molar-refractivity contribution in [1.82, 2.24) is 10.2 Å². The molecule has 2 nitrogen and oxygen atoms in total. The standard InChI is InChI=1S/C15H23BrN2.2ClH/c1-2-3-4-15(18-11-9-17-10-12-18)13-5-7-14(16)8-6-13;;/h5-8,15,17H,2-4,9-12H2,1H3;2*1H/t15-;;/m1../s1. The van der Waals surface area contributed by atoms with Gasteiger partial charge in [-0.3, -0.25) is 4.90 Å². The van der Waals surface area contributed by atoms with Crippen molar-refractivity contribution >= 4 is 40.7 Å². The first kappa shape index (κ1) is 20.2. The van der Waals surface area contributed by atoms with Crippen molar-refractivity contribution in [2.24, 2.45) is 0 Å². The predicted molar refractivity (Wildman–Crippen MR) is 95.3 cm³/mol. The zero-order chi connectivity index (χ0) is 12.8. The fraction of sp³-hybridized carbons (Fsp3) is 0.600. The van der Waals surface area contributed by atoms with E-state index in [9.17, 15) is 0 Å². The van der Waals surface area contributed by atoms with Crippen molar-refractivity contribution in [1.29, 1.82) is 0 Å². The van der Waals surface area contributed by atoms with Crippen molar-refractivity contribution in [2.75, 3.05) is 26.2 Å². The molecule has 1 aromatic carbocycles. The third-order valence-electron chi connectivity index (χ3n) is 3.68. The first-order valence-electron chi connectivity index (χ1n) is 7.01. The first-order valence-corrected chi connectivity index (χ1v) is 7.81. The minimum absolute atomic E-state index is 0. The van der Waals surface area contributed by atoms with Gasteiger partial charge in [-0.25, -0.2) is 0 Å². The Bertz CT molecular complexity index is 353. The van der Waals surface area contributed by atoms with Gasteiger partial charge in [-0.15, -0.1) is 24.8 Å². The second kappa shape index (κ2) is 10.9. The first-order chi connectivity index (χ1) is 8.81. The Kier molecular flexibility index (Phi) is 11.0. The molecule has 1 fully saturated rings. The van der Waals surface area contributed by atoms with Crippen LogP contribution in [0.3, 0.4) is 0 Å². The lowest BCUT2D eigenvalue weighted by Crippen LogP contribution is -2.45. The van der Waals surface area contributed by atoms with Crippen molar-refractivity contribution in [3.8, 4) is 0 Å². The molecular weight excluding hydrogens is 359 g/mol. The second-order valence-electron chi connectivity index (χ2n) is 5.00. The van der Waals surface area contributed by atoms with Crippen LogP contribution in [0.1, 0.15) is 37.8 Å². The summed E-state index contributed by atoms with van der Waals surface area (Å²) in [5.74, 6) is 0. The summed E-state index contributed by atoms with van der Waals surface area (Å²) in [6, 6.07) is 9.46. The van der Waals surface area contributed by atoms with E-state index >= 15 is 0 Å². The van der Waals surface area contributed by atoms with E-state index in [0.717, 1.165) is 13.1 Å². The maximum absolute atomic E-state index is 3.52. The molecule has 0 unspecified atom stereocenters. The number of nitrogens with zero attached hydrogens (tertiary/aromatic N) is 1. The van der Waals surface area contributed by atoms with Gasteiger partial charge in [0.05, 0.1) is 0 Å². The van der Waals surface area contributed by atoms with Crippen LogP contribution in [0.15, 0.2) is 28.7 Å². The van der Waals surface area contributed by atoms with Gasteiger partial charge in [0.25, 0.3) is 0 Å². The average molecular weight is 384 g/mol. The predicted octanol–water partition coefficient (Wildman–Crippen LogP) is 4.43. The molecule has 0 saturated carbocycles. The smallest absolute Gasteiger partial charge is 0.0349 e. The number of hydrogen-bond donors (Lipinski definition) is 1. The summed E-state index contributed by atoms with van der Waals surface area (Å²) in [6.45, 7) is 6.86. The zero-order valence-corrected chi connectivity index (χ0v) is 15.2. The quantitative estimate of drug-likeness (QED) is 0.808. The van der Waals surface area contributed by atoms with Crippen LogP contribution in [-0.2, 0) is 0 Å². The molecule has 1 aromatic rings. The van der Waals surface area contributed by atoms with E-state index in [1.807, 2.05) is 0 Å². The topological polar surface area (TPSA) is 15.3 Å². The lowest BCUT2D eigenvalue weighted by molar-refractivity contribution is 0.163. The van der Waals surface area contributed by atoms with E-state index in [2.05, 4.69) is 57.3 Å². The van der Waals surface area contributed by atoms with E-state index in [0.29, 0.717) is 6.04 Å². The van der Waals surface area contributed by atoms with E-state index in [4.69, 9.17) is 0 Å². The van der Waals surface area contributed by atoms with Gasteiger partial charge in [0.1, 0.15) is 0 Å². The molecule has 0 aromatic heterocycles. The van der Waals surface area contributed by atoms with Gasteiger partial charge >= 0.3 is 0 Å². The van der Waals surface area contributed by atoms with Gasteiger partial charge in [-0.2, -0.15) is 0 Å². The van der Waals surface area contributed by atoms with Crippen LogP contribution < -0.4 is 5.32 Å². The Morgan fingerprint density at radius 1 is 1.15 bits per heavy atom. The molecule has 1 atom stereocenters. The number of halogens is 3. The highest BCUT2D eigenvalue weighted by Gasteiger charge is 2.21. The molecule has 0 aliphatic carbocycles. The molecule has 5 heteroatoms. The van der Waals surface area contributed by atoms with E-state index < -0.39 is 0 Å². The highest BCUT2D eigenvalue weighted by atomic mass is 79.9. The number of rotatable bonds is 5. The van der Waals surface area contributed by atoms with Crippen LogP contribution in [0.5, 0.6) is 0 Å². The molecule has 1 saturated heterocycles. The van der Waals surface area contributed by atoms with Crippen LogP contribution >= 0.6 is 40.7 Å². The Morgan fingerprint density at radius 2 is 1.75 bits per heavy atom. The number of hydrogen-bond acceptors (Lipinski definition) is 2. The summed E-state index contributed by atoms with van der Waals surface area (Å²) in [7, 11) is 0. The molecule has 20 heavy (non-hydrogen) atoms. The minimum Gasteiger partial charge on any atom is -0.314 e. The van der Waals surface area contributed by atoms with Crippen LogP contribution in [0, 0.1) is 0 Å². The van der Waals surface area contributed by atoms with Gasteiger partial charge < -0.3 is 5.32 Å². The van der Waals surface area contributed by atoms with E-state index in [1.165, 1.54) is 42.4 Å². The largest absolute Gasteiger partial charge is 0.314 e. The van der Waals surface area contributed by atoms with Gasteiger partial charge in [0.2, 0.25) is 0 Å². The Balaban J connectivity index is 0.00000180. The van der Waals surface area contributed by atoms with Crippen LogP contribution in [-0.4, -0.2) is 31.1 Å². The van der Waals surface area contributed by atoms with Gasteiger partial charge in [0, 0.05) is 36.7 Å². The van der Waals surface area contributed by atoms with Crippen LogP contribution in [0.2, 0.25) is 0 Å². The number of unbranched alkanes of at least 4 members (excludes halogenated alkanes) is 1. The van der Waals surface area contributed by atoms with Gasteiger partial charge in [-0.1, -0.05) is 47.8 Å². The maximum Gasteiger partial charge on any atom is 0.0349 e. The third kappa shape index (κ3) is 5.90. The van der Waals surface area contributed by atoms with Crippen LogP contribution in [0.4, 0.5) is 0 Å². The van der Waals surface area contributed by atoms with E-state index in [1.54, 1.807) is 0 Å². The zero-order valence-electron chi connectivity index (χ0n) is 12.0. The summed E-state index contributed by atoms with van der Waals surface area (Å²) in [6.07, 6.45) is 3.86. The summed E-state index contributed by atoms with van der Waals surface area (Å²) in [5.41, 5.74) is 1.47. The number of piperazine rings is 1. The molecule has 1 aliphatic rings. The number of nitrogens with one attached hydrogen (secondary N) is 1. The van der Waals surface area contributed by atoms with Crippen molar-refractivity contribution in [3.63, 3.8) is 0 Å². The number of benzene rings is 1. The highest BCUT2D eigenvalue weighted by molar-refractivity contribution is 9.10. The maximum atomic E-state index is 3.52. The van der Waals surface area contributed by atoms with Crippen molar-refractivity contribution in [3.05, 3.63) is 34.3 Å². The fourth-order valence-electron chi connectivity index (χ4n) is 2.64. The molecule has 1 aliphatic heterocycles. The van der Waals surface area contributed by atoms with Gasteiger partial charge in [0.15, 0.2) is 0 Å². The molecule has 2 rings (SSSR count). The molecule has 0 bridgehead atoms. The molecule has 0 spiro atoms.